The van der Waals surface area contributed by atoms with E-state index < -0.39 is 17.8 Å². The van der Waals surface area contributed by atoms with Gasteiger partial charge in [0.25, 0.3) is 0 Å². The van der Waals surface area contributed by atoms with Crippen LogP contribution >= 0.6 is 0 Å². The van der Waals surface area contributed by atoms with Crippen LogP contribution in [0.5, 0.6) is 5.75 Å². The summed E-state index contributed by atoms with van der Waals surface area (Å²) in [4.78, 5) is 22.8. The van der Waals surface area contributed by atoms with Gasteiger partial charge in [-0.05, 0) is 37.8 Å². The topological polar surface area (TPSA) is 87.7 Å². The number of anilines is 1. The second-order valence-electron chi connectivity index (χ2n) is 5.33. The third kappa shape index (κ3) is 4.09. The molecule has 1 fully saturated rings. The molecule has 0 saturated heterocycles. The number of carboxylic acids is 1. The number of ether oxygens (including phenoxy) is 1. The molecule has 3 N–H and O–H groups in total. The molecular weight excluding hydrogens is 291 g/mol. The number of halogens is 1. The minimum absolute atomic E-state index is 0.0436. The molecule has 0 aromatic heterocycles. The molecule has 0 atom stereocenters. The zero-order valence-corrected chi connectivity index (χ0v) is 12.3. The zero-order valence-electron chi connectivity index (χ0n) is 12.3. The lowest BCUT2D eigenvalue weighted by molar-refractivity contribution is -0.142. The van der Waals surface area contributed by atoms with E-state index in [1.807, 2.05) is 0 Å². The lowest BCUT2D eigenvalue weighted by Gasteiger charge is -2.26. The Labute approximate surface area is 127 Å². The molecule has 0 bridgehead atoms. The maximum absolute atomic E-state index is 13.3. The number of nitrogens with one attached hydrogen (secondary N) is 2. The largest absolute Gasteiger partial charge is 0.494 e. The van der Waals surface area contributed by atoms with Gasteiger partial charge in [0, 0.05) is 17.8 Å². The van der Waals surface area contributed by atoms with E-state index in [2.05, 4.69) is 10.6 Å². The molecule has 0 spiro atoms. The van der Waals surface area contributed by atoms with Crippen molar-refractivity contribution in [1.82, 2.24) is 5.32 Å². The maximum Gasteiger partial charge on any atom is 0.319 e. The Hall–Kier alpha value is -2.31. The fourth-order valence-corrected chi connectivity index (χ4v) is 2.57. The predicted octanol–water partition coefficient (Wildman–Crippen LogP) is 2.60. The first-order chi connectivity index (χ1) is 10.5. The highest BCUT2D eigenvalue weighted by Crippen LogP contribution is 2.25. The van der Waals surface area contributed by atoms with Crippen LogP contribution in [0, 0.1) is 11.7 Å². The molecule has 22 heavy (non-hydrogen) atoms. The summed E-state index contributed by atoms with van der Waals surface area (Å²) >= 11 is 0. The molecule has 1 aromatic carbocycles. The fourth-order valence-electron chi connectivity index (χ4n) is 2.57. The summed E-state index contributed by atoms with van der Waals surface area (Å²) in [6, 6.07) is 3.62. The van der Waals surface area contributed by atoms with Crippen molar-refractivity contribution in [2.45, 2.75) is 31.7 Å². The Morgan fingerprint density at radius 1 is 1.27 bits per heavy atom. The van der Waals surface area contributed by atoms with Gasteiger partial charge in [0.2, 0.25) is 0 Å². The Morgan fingerprint density at radius 2 is 1.95 bits per heavy atom. The summed E-state index contributed by atoms with van der Waals surface area (Å²) in [6.45, 7) is 0. The Bertz CT molecular complexity index is 556. The van der Waals surface area contributed by atoms with Crippen molar-refractivity contribution in [2.75, 3.05) is 12.4 Å². The van der Waals surface area contributed by atoms with Gasteiger partial charge >= 0.3 is 12.0 Å². The van der Waals surface area contributed by atoms with Gasteiger partial charge in [-0.15, -0.1) is 0 Å². The third-order valence-electron chi connectivity index (χ3n) is 3.82. The minimum Gasteiger partial charge on any atom is -0.494 e. The number of aliphatic carboxylic acids is 1. The summed E-state index contributed by atoms with van der Waals surface area (Å²) < 4.78 is 18.1. The van der Waals surface area contributed by atoms with Gasteiger partial charge in [0.05, 0.1) is 13.0 Å². The maximum atomic E-state index is 13.3. The normalized spacial score (nSPS) is 21.0. The second-order valence-corrected chi connectivity index (χ2v) is 5.33. The lowest BCUT2D eigenvalue weighted by atomic mass is 9.86. The number of carbonyl (C=O) groups excluding carboxylic acids is 1. The van der Waals surface area contributed by atoms with E-state index in [1.54, 1.807) is 0 Å². The van der Waals surface area contributed by atoms with E-state index in [-0.39, 0.29) is 17.7 Å². The molecule has 120 valence electrons. The van der Waals surface area contributed by atoms with E-state index in [1.165, 1.54) is 25.3 Å². The monoisotopic (exact) mass is 310 g/mol. The van der Waals surface area contributed by atoms with Gasteiger partial charge in [-0.2, -0.15) is 0 Å². The molecule has 6 nitrogen and oxygen atoms in total. The minimum atomic E-state index is -0.777. The van der Waals surface area contributed by atoms with Crippen LogP contribution in [-0.2, 0) is 4.79 Å². The number of hydrogen-bond donors (Lipinski definition) is 3. The van der Waals surface area contributed by atoms with Crippen LogP contribution in [-0.4, -0.2) is 30.3 Å². The predicted molar refractivity (Wildman–Crippen MR) is 78.5 cm³/mol. The van der Waals surface area contributed by atoms with Crippen LogP contribution in [0.4, 0.5) is 14.9 Å². The summed E-state index contributed by atoms with van der Waals surface area (Å²) in [7, 11) is 1.35. The summed E-state index contributed by atoms with van der Waals surface area (Å²) in [6.07, 6.45) is 2.39. The molecular formula is C15H19FN2O4. The third-order valence-corrected chi connectivity index (χ3v) is 3.82. The number of hydrogen-bond acceptors (Lipinski definition) is 3. The van der Waals surface area contributed by atoms with Crippen molar-refractivity contribution in [2.24, 2.45) is 5.92 Å². The SMILES string of the molecule is COc1cc(NC(=O)NC2CCC(C(=O)O)CC2)ccc1F. The number of amides is 2. The van der Waals surface area contributed by atoms with Crippen LogP contribution in [0.2, 0.25) is 0 Å². The van der Waals surface area contributed by atoms with Gasteiger partial charge in [-0.25, -0.2) is 9.18 Å². The van der Waals surface area contributed by atoms with Crippen molar-refractivity contribution in [3.63, 3.8) is 0 Å². The van der Waals surface area contributed by atoms with E-state index in [4.69, 9.17) is 9.84 Å². The molecule has 1 saturated carbocycles. The molecule has 0 unspecified atom stereocenters. The summed E-state index contributed by atoms with van der Waals surface area (Å²) in [5, 5.41) is 14.3. The second kappa shape index (κ2) is 7.11. The molecule has 7 heteroatoms. The summed E-state index contributed by atoms with van der Waals surface area (Å²) in [5.41, 5.74) is 0.426. The molecule has 1 aliphatic rings. The smallest absolute Gasteiger partial charge is 0.319 e. The molecule has 2 amide bonds. The van der Waals surface area contributed by atoms with Crippen LogP contribution in [0.3, 0.4) is 0 Å². The van der Waals surface area contributed by atoms with Crippen molar-refractivity contribution in [3.8, 4) is 5.75 Å². The molecule has 0 radical (unpaired) electrons. The van der Waals surface area contributed by atoms with Crippen LogP contribution in [0.15, 0.2) is 18.2 Å². The average Bonchev–Trinajstić information content (AvgIpc) is 2.49. The Balaban J connectivity index is 1.85. The number of carbonyl (C=O) groups is 2. The average molecular weight is 310 g/mol. The van der Waals surface area contributed by atoms with Crippen molar-refractivity contribution < 1.29 is 23.8 Å². The Kier molecular flexibility index (Phi) is 5.19. The molecule has 1 aromatic rings. The summed E-state index contributed by atoms with van der Waals surface area (Å²) in [5.74, 6) is -1.54. The lowest BCUT2D eigenvalue weighted by Crippen LogP contribution is -2.40. The fraction of sp³-hybridized carbons (Fsp3) is 0.467. The van der Waals surface area contributed by atoms with Crippen molar-refractivity contribution in [1.29, 1.82) is 0 Å². The van der Waals surface area contributed by atoms with E-state index in [9.17, 15) is 14.0 Å². The van der Waals surface area contributed by atoms with E-state index in [0.717, 1.165) is 0 Å². The van der Waals surface area contributed by atoms with Gasteiger partial charge in [0.15, 0.2) is 11.6 Å². The molecule has 0 heterocycles. The molecule has 2 rings (SSSR count). The number of methoxy groups -OCH3 is 1. The number of urea groups is 1. The molecule has 1 aliphatic carbocycles. The van der Waals surface area contributed by atoms with Gasteiger partial charge in [0.1, 0.15) is 0 Å². The highest BCUT2D eigenvalue weighted by atomic mass is 19.1. The first-order valence-electron chi connectivity index (χ1n) is 7.13. The van der Waals surface area contributed by atoms with Gasteiger partial charge in [-0.1, -0.05) is 0 Å². The van der Waals surface area contributed by atoms with Crippen LogP contribution in [0.1, 0.15) is 25.7 Å². The molecule has 0 aliphatic heterocycles. The van der Waals surface area contributed by atoms with E-state index in [0.29, 0.717) is 31.4 Å². The van der Waals surface area contributed by atoms with Crippen LogP contribution < -0.4 is 15.4 Å². The quantitative estimate of drug-likeness (QED) is 0.797. The number of rotatable bonds is 4. The van der Waals surface area contributed by atoms with E-state index >= 15 is 0 Å². The van der Waals surface area contributed by atoms with Gasteiger partial charge in [-0.3, -0.25) is 4.79 Å². The van der Waals surface area contributed by atoms with Crippen molar-refractivity contribution in [3.05, 3.63) is 24.0 Å². The Morgan fingerprint density at radius 3 is 2.55 bits per heavy atom. The number of carboxylic acid groups (broad SMARTS) is 1. The highest BCUT2D eigenvalue weighted by molar-refractivity contribution is 5.89. The first-order valence-corrected chi connectivity index (χ1v) is 7.13. The number of benzene rings is 1. The highest BCUT2D eigenvalue weighted by Gasteiger charge is 2.26. The standard InChI is InChI=1S/C15H19FN2O4/c1-22-13-8-11(6-7-12(13)16)18-15(21)17-10-4-2-9(3-5-10)14(19)20/h6-10H,2-5H2,1H3,(H,19,20)(H2,17,18,21). The van der Waals surface area contributed by atoms with Gasteiger partial charge < -0.3 is 20.5 Å². The zero-order chi connectivity index (χ0) is 16.1. The van der Waals surface area contributed by atoms with Crippen LogP contribution in [0.25, 0.3) is 0 Å². The first kappa shape index (κ1) is 16.1. The van der Waals surface area contributed by atoms with Crippen molar-refractivity contribution >= 4 is 17.7 Å².